The fourth-order valence-electron chi connectivity index (χ4n) is 1.22. The van der Waals surface area contributed by atoms with Crippen molar-refractivity contribution < 1.29 is 18.3 Å². The van der Waals surface area contributed by atoms with Gasteiger partial charge in [0.2, 0.25) is 10.0 Å². The van der Waals surface area contributed by atoms with Gasteiger partial charge in [0.25, 0.3) is 0 Å². The van der Waals surface area contributed by atoms with E-state index in [2.05, 4.69) is 4.72 Å². The number of aliphatic carboxylic acids is 1. The van der Waals surface area contributed by atoms with Crippen LogP contribution in [0.3, 0.4) is 0 Å². The van der Waals surface area contributed by atoms with Gasteiger partial charge in [-0.05, 0) is 12.3 Å². The summed E-state index contributed by atoms with van der Waals surface area (Å²) in [5.74, 6) is -0.928. The Kier molecular flexibility index (Phi) is 5.82. The van der Waals surface area contributed by atoms with Crippen molar-refractivity contribution in [2.75, 3.05) is 5.75 Å². The van der Waals surface area contributed by atoms with Crippen molar-refractivity contribution in [1.29, 1.82) is 0 Å². The second kappa shape index (κ2) is 6.07. The van der Waals surface area contributed by atoms with Crippen LogP contribution < -0.4 is 4.72 Å². The fraction of sp³-hybridized carbons (Fsp3) is 0.889. The maximum Gasteiger partial charge on any atom is 0.304 e. The minimum atomic E-state index is -3.35. The summed E-state index contributed by atoms with van der Waals surface area (Å²) in [7, 11) is -3.35. The number of rotatable bonds is 7. The molecule has 90 valence electrons. The van der Waals surface area contributed by atoms with Crippen LogP contribution in [0.2, 0.25) is 0 Å². The summed E-state index contributed by atoms with van der Waals surface area (Å²) >= 11 is 0. The lowest BCUT2D eigenvalue weighted by atomic mass is 10.2. The van der Waals surface area contributed by atoms with E-state index in [-0.39, 0.29) is 18.1 Å². The molecule has 0 spiro atoms. The summed E-state index contributed by atoms with van der Waals surface area (Å²) in [4.78, 5) is 10.4. The van der Waals surface area contributed by atoms with Gasteiger partial charge in [0.15, 0.2) is 0 Å². The first-order chi connectivity index (χ1) is 6.76. The maximum atomic E-state index is 11.5. The van der Waals surface area contributed by atoms with E-state index in [4.69, 9.17) is 5.11 Å². The molecule has 2 N–H and O–H groups in total. The molecule has 0 fully saturated rings. The Hall–Kier alpha value is -0.620. The molecule has 0 aromatic heterocycles. The minimum absolute atomic E-state index is 0.0309. The zero-order valence-electron chi connectivity index (χ0n) is 9.36. The molecule has 0 aromatic carbocycles. The lowest BCUT2D eigenvalue weighted by Gasteiger charge is -2.15. The fourth-order valence-corrected chi connectivity index (χ4v) is 2.95. The summed E-state index contributed by atoms with van der Waals surface area (Å²) in [6.45, 7) is 5.36. The molecule has 15 heavy (non-hydrogen) atoms. The molecule has 0 aliphatic carbocycles. The van der Waals surface area contributed by atoms with Crippen molar-refractivity contribution in [3.8, 4) is 0 Å². The Balaban J connectivity index is 4.34. The van der Waals surface area contributed by atoms with Crippen LogP contribution in [0.15, 0.2) is 0 Å². The lowest BCUT2D eigenvalue weighted by molar-refractivity contribution is -0.137. The summed E-state index contributed by atoms with van der Waals surface area (Å²) in [5.41, 5.74) is 0. The van der Waals surface area contributed by atoms with Gasteiger partial charge in [0.1, 0.15) is 0 Å². The molecule has 1 unspecified atom stereocenters. The van der Waals surface area contributed by atoms with Crippen molar-refractivity contribution in [2.24, 2.45) is 5.92 Å². The Bertz CT molecular complexity index is 297. The minimum Gasteiger partial charge on any atom is -0.481 e. The standard InChI is InChI=1S/C9H19NO4S/c1-4-8(5-9(11)12)10-15(13,14)6-7(2)3/h7-8,10H,4-6H2,1-3H3,(H,11,12). The lowest BCUT2D eigenvalue weighted by Crippen LogP contribution is -2.38. The first kappa shape index (κ1) is 14.4. The van der Waals surface area contributed by atoms with Gasteiger partial charge in [-0.2, -0.15) is 0 Å². The van der Waals surface area contributed by atoms with Gasteiger partial charge in [0.05, 0.1) is 12.2 Å². The average Bonchev–Trinajstić information content (AvgIpc) is 1.98. The van der Waals surface area contributed by atoms with Crippen LogP contribution in [0.1, 0.15) is 33.6 Å². The number of hydrogen-bond donors (Lipinski definition) is 2. The average molecular weight is 237 g/mol. The van der Waals surface area contributed by atoms with Crippen molar-refractivity contribution in [3.05, 3.63) is 0 Å². The van der Waals surface area contributed by atoms with Crippen molar-refractivity contribution in [1.82, 2.24) is 4.72 Å². The summed E-state index contributed by atoms with van der Waals surface area (Å²) < 4.78 is 25.4. The molecule has 0 bridgehead atoms. The quantitative estimate of drug-likeness (QED) is 0.686. The third-order valence-electron chi connectivity index (χ3n) is 1.81. The smallest absolute Gasteiger partial charge is 0.304 e. The molecule has 0 heterocycles. The highest BCUT2D eigenvalue weighted by atomic mass is 32.2. The van der Waals surface area contributed by atoms with Crippen LogP contribution in [-0.4, -0.2) is 31.3 Å². The number of sulfonamides is 1. The molecule has 0 rings (SSSR count). The third kappa shape index (κ3) is 7.33. The van der Waals surface area contributed by atoms with Gasteiger partial charge >= 0.3 is 5.97 Å². The summed E-state index contributed by atoms with van der Waals surface area (Å²) in [5, 5.41) is 8.56. The van der Waals surface area contributed by atoms with Gasteiger partial charge in [-0.1, -0.05) is 20.8 Å². The number of carboxylic acid groups (broad SMARTS) is 1. The predicted molar refractivity (Wildman–Crippen MR) is 58.1 cm³/mol. The highest BCUT2D eigenvalue weighted by Crippen LogP contribution is 2.03. The normalized spacial score (nSPS) is 14.1. The molecule has 0 saturated carbocycles. The van der Waals surface area contributed by atoms with Gasteiger partial charge < -0.3 is 5.11 Å². The van der Waals surface area contributed by atoms with E-state index < -0.39 is 22.0 Å². The number of nitrogens with one attached hydrogen (secondary N) is 1. The van der Waals surface area contributed by atoms with E-state index in [9.17, 15) is 13.2 Å². The van der Waals surface area contributed by atoms with Gasteiger partial charge in [0, 0.05) is 6.04 Å². The van der Waals surface area contributed by atoms with Gasteiger partial charge in [-0.15, -0.1) is 0 Å². The SMILES string of the molecule is CCC(CC(=O)O)NS(=O)(=O)CC(C)C. The first-order valence-electron chi connectivity index (χ1n) is 4.98. The van der Waals surface area contributed by atoms with E-state index in [1.54, 1.807) is 20.8 Å². The zero-order chi connectivity index (χ0) is 12.1. The summed E-state index contributed by atoms with van der Waals surface area (Å²) in [6.07, 6.45) is 0.303. The van der Waals surface area contributed by atoms with Crippen LogP contribution in [0.5, 0.6) is 0 Å². The molecule has 5 nitrogen and oxygen atoms in total. The Labute approximate surface area is 90.9 Å². The Morgan fingerprint density at radius 1 is 1.40 bits per heavy atom. The van der Waals surface area contributed by atoms with Crippen molar-refractivity contribution >= 4 is 16.0 Å². The van der Waals surface area contributed by atoms with Crippen LogP contribution in [0, 0.1) is 5.92 Å². The number of carboxylic acids is 1. The molecule has 6 heteroatoms. The molecule has 0 aromatic rings. The number of hydrogen-bond acceptors (Lipinski definition) is 3. The molecule has 0 saturated heterocycles. The Morgan fingerprint density at radius 2 is 1.93 bits per heavy atom. The van der Waals surface area contributed by atoms with Gasteiger partial charge in [-0.3, -0.25) is 4.79 Å². The van der Waals surface area contributed by atoms with Crippen LogP contribution >= 0.6 is 0 Å². The predicted octanol–water partition coefficient (Wildman–Crippen LogP) is 0.815. The topological polar surface area (TPSA) is 83.5 Å². The van der Waals surface area contributed by atoms with Crippen LogP contribution in [0.25, 0.3) is 0 Å². The second-order valence-corrected chi connectivity index (χ2v) is 5.79. The third-order valence-corrected chi connectivity index (χ3v) is 3.61. The molecule has 0 aliphatic heterocycles. The first-order valence-corrected chi connectivity index (χ1v) is 6.63. The maximum absolute atomic E-state index is 11.5. The molecule has 0 aliphatic rings. The Morgan fingerprint density at radius 3 is 2.27 bits per heavy atom. The highest BCUT2D eigenvalue weighted by molar-refractivity contribution is 7.89. The molecule has 1 atom stereocenters. The van der Waals surface area contributed by atoms with E-state index >= 15 is 0 Å². The van der Waals surface area contributed by atoms with Crippen LogP contribution in [-0.2, 0) is 14.8 Å². The van der Waals surface area contributed by atoms with Crippen LogP contribution in [0.4, 0.5) is 0 Å². The van der Waals surface area contributed by atoms with E-state index in [0.717, 1.165) is 0 Å². The summed E-state index contributed by atoms with van der Waals surface area (Å²) in [6, 6.07) is -0.508. The van der Waals surface area contributed by atoms with Crippen molar-refractivity contribution in [3.63, 3.8) is 0 Å². The number of carbonyl (C=O) groups is 1. The van der Waals surface area contributed by atoms with E-state index in [0.29, 0.717) is 6.42 Å². The molecule has 0 amide bonds. The zero-order valence-corrected chi connectivity index (χ0v) is 10.2. The second-order valence-electron chi connectivity index (χ2n) is 4.00. The molecule has 0 radical (unpaired) electrons. The monoisotopic (exact) mass is 237 g/mol. The molecular formula is C9H19NO4S. The largest absolute Gasteiger partial charge is 0.481 e. The van der Waals surface area contributed by atoms with E-state index in [1.165, 1.54) is 0 Å². The van der Waals surface area contributed by atoms with Gasteiger partial charge in [-0.25, -0.2) is 13.1 Å². The highest BCUT2D eigenvalue weighted by Gasteiger charge is 2.19. The van der Waals surface area contributed by atoms with E-state index in [1.807, 2.05) is 0 Å². The van der Waals surface area contributed by atoms with Crippen molar-refractivity contribution in [2.45, 2.75) is 39.7 Å². The molecular weight excluding hydrogens is 218 g/mol.